The van der Waals surface area contributed by atoms with E-state index < -0.39 is 69.2 Å². The van der Waals surface area contributed by atoms with Gasteiger partial charge in [0.1, 0.15) is 35.9 Å². The second-order valence-corrected chi connectivity index (χ2v) is 15.7. The van der Waals surface area contributed by atoms with Gasteiger partial charge in [-0.25, -0.2) is 47.9 Å². The monoisotopic (exact) mass is 854 g/mol. The standard InChI is InChI=1S/C20H24N10O19P4.Na/c21-17-15-19(25-7-23-17)29(9-27-15)13(3-33)45-11(1-31)5-43-50(35,36)47-52(39,40)49-53(41,42)48-51(37,38)44-6-12(2-32)46-14(4-34)30-10-28-16-18(22)24-8-26-20(16)30;/h1-4,7-14H,5-6H2,(H,35,36)(H,37,38)(H,39,40)(H,41,42)(H2,21,23,25)(H2,22,24,26);/q;+1/p-1/t11-,12+,13-,14-;/m1./s1. The molecule has 4 heterocycles. The SMILES string of the molecule is Nc1ncnc2c1ncn2[C@@H](C=O)O[C@H](C=O)COP(=O)(O)OP(=O)(O)OP(=O)(O)OP(=O)([O-])OC[C@H](C=O)O[C@H](C=O)n1cnc2c(N)ncnc21.[Na+]. The number of phosphoric acid groups is 4. The number of carbonyl (C=O) groups is 4. The molecular formula is C20H23N10NaO19P4. The van der Waals surface area contributed by atoms with E-state index in [4.69, 9.17) is 20.9 Å². The van der Waals surface area contributed by atoms with Crippen molar-refractivity contribution >= 4 is 90.4 Å². The number of imidazole rings is 2. The number of nitrogens with two attached hydrogens (primary N) is 2. The molecule has 7 N–H and O–H groups in total. The third-order valence-electron chi connectivity index (χ3n) is 5.90. The number of hydrogen-bond donors (Lipinski definition) is 5. The van der Waals surface area contributed by atoms with Gasteiger partial charge in [-0.1, -0.05) is 0 Å². The van der Waals surface area contributed by atoms with Crippen molar-refractivity contribution in [3.8, 4) is 0 Å². The fraction of sp³-hybridized carbons (Fsp3) is 0.300. The number of nitrogens with zero attached hydrogens (tertiary/aromatic N) is 8. The van der Waals surface area contributed by atoms with Crippen molar-refractivity contribution in [1.29, 1.82) is 0 Å². The number of fused-ring (bicyclic) bond motifs is 2. The van der Waals surface area contributed by atoms with Crippen LogP contribution in [0.1, 0.15) is 12.5 Å². The largest absolute Gasteiger partial charge is 1.00 e. The molecule has 0 aromatic carbocycles. The summed E-state index contributed by atoms with van der Waals surface area (Å²) >= 11 is 0. The molecule has 0 saturated heterocycles. The molecule has 0 radical (unpaired) electrons. The molecule has 0 spiro atoms. The first kappa shape index (κ1) is 45.3. The van der Waals surface area contributed by atoms with Crippen molar-refractivity contribution in [3.63, 3.8) is 0 Å². The van der Waals surface area contributed by atoms with E-state index in [-0.39, 0.29) is 88.7 Å². The van der Waals surface area contributed by atoms with Crippen LogP contribution in [0.3, 0.4) is 0 Å². The average Bonchev–Trinajstić information content (AvgIpc) is 3.70. The summed E-state index contributed by atoms with van der Waals surface area (Å²) in [4.78, 5) is 111. The van der Waals surface area contributed by atoms with E-state index in [0.29, 0.717) is 0 Å². The summed E-state index contributed by atoms with van der Waals surface area (Å²) in [6.07, 6.45) is -2.83. The Balaban J connectivity index is 0.00000784. The van der Waals surface area contributed by atoms with E-state index in [1.807, 2.05) is 0 Å². The van der Waals surface area contributed by atoms with Crippen LogP contribution >= 0.6 is 31.3 Å². The Labute approximate surface area is 321 Å². The molecule has 4 aromatic heterocycles. The van der Waals surface area contributed by atoms with Crippen LogP contribution in [-0.4, -0.2) is 104 Å². The molecule has 4 rings (SSSR count). The van der Waals surface area contributed by atoms with Gasteiger partial charge >= 0.3 is 53.0 Å². The number of rotatable bonds is 22. The minimum Gasteiger partial charge on any atom is -0.756 e. The van der Waals surface area contributed by atoms with Crippen molar-refractivity contribution in [3.05, 3.63) is 25.3 Å². The fourth-order valence-electron chi connectivity index (χ4n) is 3.81. The zero-order valence-electron chi connectivity index (χ0n) is 26.7. The minimum absolute atomic E-state index is 0. The van der Waals surface area contributed by atoms with E-state index in [0.717, 1.165) is 34.4 Å². The Bertz CT molecular complexity index is 2040. The Kier molecular flexibility index (Phi) is 15.6. The molecule has 4 aromatic rings. The first-order chi connectivity index (χ1) is 24.8. The molecule has 29 nitrogen and oxygen atoms in total. The van der Waals surface area contributed by atoms with Gasteiger partial charge in [0.2, 0.25) is 0 Å². The average molecular weight is 854 g/mol. The van der Waals surface area contributed by atoms with Crippen LogP contribution in [0.4, 0.5) is 11.6 Å². The Morgan fingerprint density at radius 3 is 1.48 bits per heavy atom. The van der Waals surface area contributed by atoms with Gasteiger partial charge in [0, 0.05) is 0 Å². The van der Waals surface area contributed by atoms with Crippen molar-refractivity contribution in [2.24, 2.45) is 0 Å². The van der Waals surface area contributed by atoms with Gasteiger partial charge in [0.15, 0.2) is 60.5 Å². The molecule has 8 atom stereocenters. The first-order valence-electron chi connectivity index (χ1n) is 13.5. The summed E-state index contributed by atoms with van der Waals surface area (Å²) in [6, 6.07) is 0. The third kappa shape index (κ3) is 11.9. The molecule has 34 heteroatoms. The predicted molar refractivity (Wildman–Crippen MR) is 164 cm³/mol. The second kappa shape index (κ2) is 18.7. The van der Waals surface area contributed by atoms with Gasteiger partial charge in [-0.3, -0.25) is 27.8 Å². The molecular weight excluding hydrogens is 831 g/mol. The minimum atomic E-state index is -6.31. The molecule has 54 heavy (non-hydrogen) atoms. The molecule has 4 unspecified atom stereocenters. The van der Waals surface area contributed by atoms with Gasteiger partial charge in [-0.2, -0.15) is 8.62 Å². The van der Waals surface area contributed by atoms with Crippen LogP contribution in [0.2, 0.25) is 0 Å². The molecule has 0 fully saturated rings. The first-order valence-corrected chi connectivity index (χ1v) is 19.5. The van der Waals surface area contributed by atoms with Gasteiger partial charge in [0.25, 0.3) is 7.82 Å². The molecule has 0 bridgehead atoms. The Morgan fingerprint density at radius 2 is 1.06 bits per heavy atom. The summed E-state index contributed by atoms with van der Waals surface area (Å²) in [6.45, 7) is -2.60. The summed E-state index contributed by atoms with van der Waals surface area (Å²) < 4.78 is 81.0. The van der Waals surface area contributed by atoms with Gasteiger partial charge in [-0.05, 0) is 0 Å². The number of anilines is 2. The van der Waals surface area contributed by atoms with Crippen LogP contribution in [0.5, 0.6) is 0 Å². The zero-order valence-corrected chi connectivity index (χ0v) is 32.3. The van der Waals surface area contributed by atoms with Crippen LogP contribution in [0, 0.1) is 0 Å². The van der Waals surface area contributed by atoms with Crippen LogP contribution in [0.25, 0.3) is 22.3 Å². The van der Waals surface area contributed by atoms with E-state index in [1.54, 1.807) is 0 Å². The van der Waals surface area contributed by atoms with Gasteiger partial charge in [0.05, 0.1) is 25.9 Å². The zero-order chi connectivity index (χ0) is 39.2. The number of nitrogen functional groups attached to an aromatic ring is 2. The number of aromatic nitrogens is 8. The molecule has 0 aliphatic carbocycles. The predicted octanol–water partition coefficient (Wildman–Crippen LogP) is -4.75. The van der Waals surface area contributed by atoms with E-state index >= 15 is 0 Å². The fourth-order valence-corrected chi connectivity index (χ4v) is 8.73. The summed E-state index contributed by atoms with van der Waals surface area (Å²) in [5.41, 5.74) is 11.3. The van der Waals surface area contributed by atoms with Crippen molar-refractivity contribution in [1.82, 2.24) is 39.0 Å². The number of carbonyl (C=O) groups excluding carboxylic acids is 4. The van der Waals surface area contributed by atoms with Crippen molar-refractivity contribution < 1.29 is 118 Å². The molecule has 0 saturated carbocycles. The van der Waals surface area contributed by atoms with Crippen molar-refractivity contribution in [2.45, 2.75) is 24.7 Å². The third-order valence-corrected chi connectivity index (χ3v) is 11.8. The summed E-state index contributed by atoms with van der Waals surface area (Å²) in [5.74, 6) is -0.151. The molecule has 0 aliphatic heterocycles. The molecule has 0 aliphatic rings. The Hall–Kier alpha value is -3.14. The smallest absolute Gasteiger partial charge is 0.756 e. The second-order valence-electron chi connectivity index (χ2n) is 9.53. The molecule has 288 valence electrons. The number of hydrogen-bond acceptors (Lipinski definition) is 24. The maximum Gasteiger partial charge on any atom is 1.00 e. The van der Waals surface area contributed by atoms with E-state index in [2.05, 4.69) is 51.9 Å². The van der Waals surface area contributed by atoms with Gasteiger partial charge < -0.3 is 54.6 Å². The quantitative estimate of drug-likeness (QED) is 0.0281. The normalized spacial score (nSPS) is 18.4. The van der Waals surface area contributed by atoms with Crippen LogP contribution in [-0.2, 0) is 68.9 Å². The maximum atomic E-state index is 12.3. The Morgan fingerprint density at radius 1 is 0.648 bits per heavy atom. The van der Waals surface area contributed by atoms with Crippen LogP contribution in [0.15, 0.2) is 25.3 Å². The summed E-state index contributed by atoms with van der Waals surface area (Å²) in [7, 11) is -24.5. The van der Waals surface area contributed by atoms with Crippen molar-refractivity contribution in [2.75, 3.05) is 24.7 Å². The number of aldehydes is 4. The topological polar surface area (TPSA) is 424 Å². The molecule has 0 amide bonds. The van der Waals surface area contributed by atoms with E-state index in [1.165, 1.54) is 0 Å². The van der Waals surface area contributed by atoms with E-state index in [9.17, 15) is 57.0 Å². The van der Waals surface area contributed by atoms with Crippen LogP contribution < -0.4 is 45.9 Å². The number of ether oxygens (including phenoxy) is 2. The summed E-state index contributed by atoms with van der Waals surface area (Å²) in [5, 5.41) is 0. The maximum absolute atomic E-state index is 12.3. The number of phosphoric ester groups is 2. The van der Waals surface area contributed by atoms with Gasteiger partial charge in [-0.15, -0.1) is 0 Å².